The molecule has 4 nitrogen and oxygen atoms in total. The van der Waals surface area contributed by atoms with Gasteiger partial charge in [-0.05, 0) is 66.5 Å². The Hall–Kier alpha value is -2.14. The molecule has 1 heterocycles. The maximum atomic E-state index is 12.9. The molecule has 2 aromatic carbocycles. The molecule has 0 aliphatic heterocycles. The van der Waals surface area contributed by atoms with E-state index in [0.717, 1.165) is 21.3 Å². The first-order valence-corrected chi connectivity index (χ1v) is 7.74. The Morgan fingerprint density at radius 1 is 1.14 bits per heavy atom. The lowest BCUT2D eigenvalue weighted by atomic mass is 10.1. The van der Waals surface area contributed by atoms with Gasteiger partial charge < -0.3 is 5.73 Å². The summed E-state index contributed by atoms with van der Waals surface area (Å²) >= 11 is 3.55. The first-order chi connectivity index (χ1) is 10.4. The predicted molar refractivity (Wildman–Crippen MR) is 93.7 cm³/mol. The van der Waals surface area contributed by atoms with Crippen molar-refractivity contribution in [1.29, 1.82) is 0 Å². The minimum Gasteiger partial charge on any atom is -0.399 e. The highest BCUT2D eigenvalue weighted by Crippen LogP contribution is 2.28. The number of nitrogens with zero attached hydrogens (tertiary/aromatic N) is 2. The number of benzene rings is 2. The van der Waals surface area contributed by atoms with Gasteiger partial charge in [0.1, 0.15) is 5.82 Å². The van der Waals surface area contributed by atoms with Gasteiger partial charge in [0, 0.05) is 10.2 Å². The van der Waals surface area contributed by atoms with Crippen molar-refractivity contribution in [2.75, 3.05) is 5.73 Å². The Balaban J connectivity index is 2.44. The smallest absolute Gasteiger partial charge is 0.266 e. The molecule has 3 aromatic rings. The summed E-state index contributed by atoms with van der Waals surface area (Å²) in [5.74, 6) is 0.632. The molecule has 22 heavy (non-hydrogen) atoms. The van der Waals surface area contributed by atoms with Gasteiger partial charge >= 0.3 is 0 Å². The summed E-state index contributed by atoms with van der Waals surface area (Å²) in [4.78, 5) is 17.5. The van der Waals surface area contributed by atoms with Crippen molar-refractivity contribution in [1.82, 2.24) is 9.55 Å². The summed E-state index contributed by atoms with van der Waals surface area (Å²) < 4.78 is 2.45. The standard InChI is InChI=1S/C17H16BrN3O/c1-9-4-5-14-13(6-9)17(22)21(11(3)20-14)15-8-12(19)7-10(2)16(15)18/h4-8H,19H2,1-3H3. The molecule has 5 heteroatoms. The van der Waals surface area contributed by atoms with E-state index in [4.69, 9.17) is 5.73 Å². The molecule has 0 unspecified atom stereocenters. The summed E-state index contributed by atoms with van der Waals surface area (Å²) in [6.45, 7) is 5.73. The third-order valence-electron chi connectivity index (χ3n) is 3.69. The van der Waals surface area contributed by atoms with E-state index in [1.807, 2.05) is 45.0 Å². The zero-order valence-electron chi connectivity index (χ0n) is 12.6. The van der Waals surface area contributed by atoms with Gasteiger partial charge in [-0.3, -0.25) is 9.36 Å². The van der Waals surface area contributed by atoms with Crippen LogP contribution in [-0.4, -0.2) is 9.55 Å². The highest BCUT2D eigenvalue weighted by molar-refractivity contribution is 9.10. The van der Waals surface area contributed by atoms with Crippen LogP contribution in [0.2, 0.25) is 0 Å². The number of hydrogen-bond acceptors (Lipinski definition) is 3. The predicted octanol–water partition coefficient (Wildman–Crippen LogP) is 3.66. The van der Waals surface area contributed by atoms with Crippen LogP contribution in [0.3, 0.4) is 0 Å². The molecule has 0 saturated heterocycles. The van der Waals surface area contributed by atoms with Gasteiger partial charge in [-0.15, -0.1) is 0 Å². The summed E-state index contributed by atoms with van der Waals surface area (Å²) in [5.41, 5.74) is 9.91. The van der Waals surface area contributed by atoms with E-state index in [2.05, 4.69) is 20.9 Å². The zero-order chi connectivity index (χ0) is 16.0. The first kappa shape index (κ1) is 14.8. The second kappa shape index (κ2) is 5.25. The molecule has 0 saturated carbocycles. The van der Waals surface area contributed by atoms with Gasteiger partial charge in [0.25, 0.3) is 5.56 Å². The molecular formula is C17H16BrN3O. The highest BCUT2D eigenvalue weighted by Gasteiger charge is 2.14. The molecule has 2 N–H and O–H groups in total. The van der Waals surface area contributed by atoms with Crippen molar-refractivity contribution in [3.63, 3.8) is 0 Å². The van der Waals surface area contributed by atoms with Crippen LogP contribution in [0.1, 0.15) is 17.0 Å². The molecule has 0 bridgehead atoms. The van der Waals surface area contributed by atoms with E-state index >= 15 is 0 Å². The van der Waals surface area contributed by atoms with Crippen LogP contribution in [0.5, 0.6) is 0 Å². The second-order valence-corrected chi connectivity index (χ2v) is 6.28. The number of aromatic nitrogens is 2. The Morgan fingerprint density at radius 3 is 2.59 bits per heavy atom. The Kier molecular flexibility index (Phi) is 3.53. The normalized spacial score (nSPS) is 11.1. The van der Waals surface area contributed by atoms with Gasteiger partial charge in [0.2, 0.25) is 0 Å². The molecule has 0 radical (unpaired) electrons. The molecule has 0 aliphatic rings. The maximum absolute atomic E-state index is 12.9. The molecule has 0 aliphatic carbocycles. The third-order valence-corrected chi connectivity index (χ3v) is 4.72. The SMILES string of the molecule is Cc1ccc2nc(C)n(-c3cc(N)cc(C)c3Br)c(=O)c2c1. The monoisotopic (exact) mass is 357 g/mol. The van der Waals surface area contributed by atoms with Crippen LogP contribution in [-0.2, 0) is 0 Å². The Labute approximate surface area is 136 Å². The van der Waals surface area contributed by atoms with Crippen LogP contribution in [0, 0.1) is 20.8 Å². The summed E-state index contributed by atoms with van der Waals surface area (Å²) in [7, 11) is 0. The van der Waals surface area contributed by atoms with E-state index in [1.165, 1.54) is 0 Å². The fraction of sp³-hybridized carbons (Fsp3) is 0.176. The van der Waals surface area contributed by atoms with Crippen molar-refractivity contribution in [2.45, 2.75) is 20.8 Å². The summed E-state index contributed by atoms with van der Waals surface area (Å²) in [6.07, 6.45) is 0. The van der Waals surface area contributed by atoms with E-state index in [-0.39, 0.29) is 5.56 Å². The quantitative estimate of drug-likeness (QED) is 0.676. The van der Waals surface area contributed by atoms with Crippen LogP contribution >= 0.6 is 15.9 Å². The number of hydrogen-bond donors (Lipinski definition) is 1. The summed E-state index contributed by atoms with van der Waals surface area (Å²) in [5, 5.41) is 0.609. The topological polar surface area (TPSA) is 60.9 Å². The average molecular weight is 358 g/mol. The van der Waals surface area contributed by atoms with Crippen LogP contribution < -0.4 is 11.3 Å². The maximum Gasteiger partial charge on any atom is 0.266 e. The lowest BCUT2D eigenvalue weighted by Gasteiger charge is -2.15. The van der Waals surface area contributed by atoms with E-state index in [9.17, 15) is 4.79 Å². The van der Waals surface area contributed by atoms with Crippen LogP contribution in [0.4, 0.5) is 5.69 Å². The minimum atomic E-state index is -0.0862. The number of rotatable bonds is 1. The highest BCUT2D eigenvalue weighted by atomic mass is 79.9. The fourth-order valence-corrected chi connectivity index (χ4v) is 3.04. The van der Waals surface area contributed by atoms with Crippen LogP contribution in [0.15, 0.2) is 39.6 Å². The van der Waals surface area contributed by atoms with Gasteiger partial charge in [-0.2, -0.15) is 0 Å². The second-order valence-electron chi connectivity index (χ2n) is 5.49. The molecule has 0 spiro atoms. The lowest BCUT2D eigenvalue weighted by molar-refractivity contribution is 0.889. The molecule has 3 rings (SSSR count). The number of halogens is 1. The van der Waals surface area contributed by atoms with Crippen molar-refractivity contribution in [3.8, 4) is 5.69 Å². The molecule has 0 atom stereocenters. The van der Waals surface area contributed by atoms with Gasteiger partial charge in [0.05, 0.1) is 16.6 Å². The number of aryl methyl sites for hydroxylation is 3. The van der Waals surface area contributed by atoms with E-state index in [0.29, 0.717) is 22.4 Å². The molecule has 1 aromatic heterocycles. The van der Waals surface area contributed by atoms with Crippen LogP contribution in [0.25, 0.3) is 16.6 Å². The zero-order valence-corrected chi connectivity index (χ0v) is 14.2. The van der Waals surface area contributed by atoms with Gasteiger partial charge in [-0.25, -0.2) is 4.98 Å². The van der Waals surface area contributed by atoms with Crippen molar-refractivity contribution in [2.24, 2.45) is 0 Å². The van der Waals surface area contributed by atoms with Crippen molar-refractivity contribution < 1.29 is 0 Å². The minimum absolute atomic E-state index is 0.0862. The summed E-state index contributed by atoms with van der Waals surface area (Å²) in [6, 6.07) is 9.36. The molecule has 112 valence electrons. The van der Waals surface area contributed by atoms with Crippen molar-refractivity contribution in [3.05, 3.63) is 62.1 Å². The van der Waals surface area contributed by atoms with E-state index < -0.39 is 0 Å². The Bertz CT molecular complexity index is 960. The number of fused-ring (bicyclic) bond motifs is 1. The molecular weight excluding hydrogens is 342 g/mol. The number of nitrogens with two attached hydrogens (primary N) is 1. The molecule has 0 fully saturated rings. The largest absolute Gasteiger partial charge is 0.399 e. The van der Waals surface area contributed by atoms with Gasteiger partial charge in [-0.1, -0.05) is 11.6 Å². The van der Waals surface area contributed by atoms with Gasteiger partial charge in [0.15, 0.2) is 0 Å². The fourth-order valence-electron chi connectivity index (χ4n) is 2.64. The average Bonchev–Trinajstić information content (AvgIpc) is 2.45. The number of nitrogen functional groups attached to an aromatic ring is 1. The Morgan fingerprint density at radius 2 is 1.86 bits per heavy atom. The first-order valence-electron chi connectivity index (χ1n) is 6.94. The van der Waals surface area contributed by atoms with Crippen molar-refractivity contribution >= 4 is 32.5 Å². The van der Waals surface area contributed by atoms with E-state index in [1.54, 1.807) is 10.6 Å². The third kappa shape index (κ3) is 2.31. The lowest BCUT2D eigenvalue weighted by Crippen LogP contribution is -2.23. The molecule has 0 amide bonds. The number of anilines is 1.